The van der Waals surface area contributed by atoms with Gasteiger partial charge in [0.05, 0.1) is 11.2 Å². The maximum Gasteiger partial charge on any atom is 0.292 e. The van der Waals surface area contributed by atoms with E-state index in [0.717, 1.165) is 0 Å². The molecular weight excluding hydrogens is 382 g/mol. The zero-order valence-electron chi connectivity index (χ0n) is 14.6. The number of halogens is 1. The van der Waals surface area contributed by atoms with Crippen LogP contribution in [0.15, 0.2) is 68.3 Å². The summed E-state index contributed by atoms with van der Waals surface area (Å²) < 4.78 is 1.40. The van der Waals surface area contributed by atoms with E-state index in [0.29, 0.717) is 21.6 Å². The predicted octanol–water partition coefficient (Wildman–Crippen LogP) is 4.00. The standard InChI is InChI=1S/C19H14ClN5O3/c1-25-13-8-3-2-7-12(13)17(26)14(19(25)28)15-16(18(27)24-22-15)23-21-11-6-4-5-10(20)9-11/h2-9,26H,1H3,(H2,22,24,27). The van der Waals surface area contributed by atoms with Gasteiger partial charge in [-0.2, -0.15) is 5.11 Å². The highest BCUT2D eigenvalue weighted by atomic mass is 35.5. The van der Waals surface area contributed by atoms with Gasteiger partial charge in [0.25, 0.3) is 11.1 Å². The molecule has 0 aliphatic heterocycles. The van der Waals surface area contributed by atoms with Crippen LogP contribution < -0.4 is 11.1 Å². The molecule has 0 aliphatic rings. The van der Waals surface area contributed by atoms with Gasteiger partial charge in [-0.05, 0) is 30.3 Å². The van der Waals surface area contributed by atoms with E-state index in [-0.39, 0.29) is 22.7 Å². The van der Waals surface area contributed by atoms with E-state index in [1.807, 2.05) is 0 Å². The number of aryl methyl sites for hydroxylation is 1. The Morgan fingerprint density at radius 3 is 2.61 bits per heavy atom. The van der Waals surface area contributed by atoms with Crippen LogP contribution in [-0.2, 0) is 7.05 Å². The zero-order chi connectivity index (χ0) is 19.8. The molecule has 0 saturated heterocycles. The van der Waals surface area contributed by atoms with Crippen LogP contribution in [0.3, 0.4) is 0 Å². The quantitative estimate of drug-likeness (QED) is 0.455. The molecule has 0 saturated carbocycles. The van der Waals surface area contributed by atoms with Gasteiger partial charge in [0.15, 0.2) is 5.69 Å². The molecule has 4 rings (SSSR count). The van der Waals surface area contributed by atoms with Crippen molar-refractivity contribution in [3.8, 4) is 17.0 Å². The lowest BCUT2D eigenvalue weighted by Gasteiger charge is -2.10. The largest absolute Gasteiger partial charge is 0.506 e. The van der Waals surface area contributed by atoms with Gasteiger partial charge in [0, 0.05) is 17.5 Å². The molecule has 0 bridgehead atoms. The van der Waals surface area contributed by atoms with E-state index in [9.17, 15) is 14.7 Å². The minimum absolute atomic E-state index is 0.0552. The van der Waals surface area contributed by atoms with E-state index in [4.69, 9.17) is 11.6 Å². The zero-order valence-corrected chi connectivity index (χ0v) is 15.4. The summed E-state index contributed by atoms with van der Waals surface area (Å²) in [5.41, 5.74) is -0.189. The molecule has 2 aromatic carbocycles. The molecule has 4 aromatic rings. The fraction of sp³-hybridized carbons (Fsp3) is 0.0526. The number of fused-ring (bicyclic) bond motifs is 1. The van der Waals surface area contributed by atoms with Crippen molar-refractivity contribution < 1.29 is 5.11 Å². The Balaban J connectivity index is 1.93. The van der Waals surface area contributed by atoms with Crippen molar-refractivity contribution in [2.24, 2.45) is 17.3 Å². The summed E-state index contributed by atoms with van der Waals surface area (Å²) in [4.78, 5) is 25.1. The average molecular weight is 396 g/mol. The van der Waals surface area contributed by atoms with Crippen molar-refractivity contribution in [1.82, 2.24) is 14.8 Å². The van der Waals surface area contributed by atoms with E-state index < -0.39 is 11.1 Å². The number of benzene rings is 2. The number of hydrogen-bond donors (Lipinski definition) is 3. The molecule has 8 nitrogen and oxygen atoms in total. The minimum Gasteiger partial charge on any atom is -0.506 e. The molecule has 0 unspecified atom stereocenters. The van der Waals surface area contributed by atoms with Gasteiger partial charge in [-0.1, -0.05) is 29.8 Å². The number of aromatic nitrogens is 3. The Labute approximate surface area is 162 Å². The highest BCUT2D eigenvalue weighted by molar-refractivity contribution is 6.30. The first kappa shape index (κ1) is 17.7. The maximum atomic E-state index is 12.9. The Morgan fingerprint density at radius 1 is 1.04 bits per heavy atom. The maximum absolute atomic E-state index is 12.9. The van der Waals surface area contributed by atoms with Gasteiger partial charge in [-0.15, -0.1) is 5.11 Å². The molecular formula is C19H14ClN5O3. The van der Waals surface area contributed by atoms with Crippen molar-refractivity contribution in [3.05, 3.63) is 74.3 Å². The first-order valence-electron chi connectivity index (χ1n) is 8.26. The molecule has 140 valence electrons. The Morgan fingerprint density at radius 2 is 1.82 bits per heavy atom. The molecule has 2 heterocycles. The van der Waals surface area contributed by atoms with Crippen molar-refractivity contribution in [1.29, 1.82) is 0 Å². The van der Waals surface area contributed by atoms with Crippen LogP contribution in [-0.4, -0.2) is 19.9 Å². The number of azo groups is 1. The third-order valence-electron chi connectivity index (χ3n) is 4.35. The number of aromatic hydroxyl groups is 1. The average Bonchev–Trinajstić information content (AvgIpc) is 3.05. The van der Waals surface area contributed by atoms with Crippen LogP contribution in [0.1, 0.15) is 0 Å². The summed E-state index contributed by atoms with van der Waals surface area (Å²) in [6.07, 6.45) is 0. The summed E-state index contributed by atoms with van der Waals surface area (Å²) in [5.74, 6) is -0.242. The number of hydrogen-bond acceptors (Lipinski definition) is 5. The number of para-hydroxylation sites is 1. The van der Waals surface area contributed by atoms with E-state index >= 15 is 0 Å². The number of nitrogens with one attached hydrogen (secondary N) is 2. The van der Waals surface area contributed by atoms with Crippen LogP contribution in [0.2, 0.25) is 5.02 Å². The van der Waals surface area contributed by atoms with Gasteiger partial charge in [-0.25, -0.2) is 0 Å². The van der Waals surface area contributed by atoms with Crippen molar-refractivity contribution in [2.45, 2.75) is 0 Å². The summed E-state index contributed by atoms with van der Waals surface area (Å²) in [5, 5.41) is 24.7. The number of aromatic amines is 2. The summed E-state index contributed by atoms with van der Waals surface area (Å²) >= 11 is 5.93. The summed E-state index contributed by atoms with van der Waals surface area (Å²) in [7, 11) is 1.59. The van der Waals surface area contributed by atoms with Gasteiger partial charge in [0.1, 0.15) is 17.0 Å². The normalized spacial score (nSPS) is 11.5. The van der Waals surface area contributed by atoms with E-state index in [1.165, 1.54) is 4.57 Å². The molecule has 0 aliphatic carbocycles. The second-order valence-electron chi connectivity index (χ2n) is 6.09. The minimum atomic E-state index is -0.574. The lowest BCUT2D eigenvalue weighted by Crippen LogP contribution is -2.19. The van der Waals surface area contributed by atoms with Gasteiger partial charge in [0.2, 0.25) is 0 Å². The molecule has 2 aromatic heterocycles. The molecule has 0 radical (unpaired) electrons. The monoisotopic (exact) mass is 395 g/mol. The third kappa shape index (κ3) is 2.89. The first-order valence-corrected chi connectivity index (χ1v) is 8.64. The Bertz CT molecular complexity index is 1350. The molecule has 28 heavy (non-hydrogen) atoms. The highest BCUT2D eigenvalue weighted by Gasteiger charge is 2.22. The predicted molar refractivity (Wildman–Crippen MR) is 107 cm³/mol. The van der Waals surface area contributed by atoms with Crippen LogP contribution in [0.25, 0.3) is 22.2 Å². The van der Waals surface area contributed by atoms with E-state index in [2.05, 4.69) is 20.4 Å². The van der Waals surface area contributed by atoms with Crippen LogP contribution >= 0.6 is 11.6 Å². The van der Waals surface area contributed by atoms with Crippen LogP contribution in [0.5, 0.6) is 5.75 Å². The van der Waals surface area contributed by atoms with Crippen molar-refractivity contribution >= 4 is 33.9 Å². The number of H-pyrrole nitrogens is 2. The summed E-state index contributed by atoms with van der Waals surface area (Å²) in [6.45, 7) is 0. The Hall–Kier alpha value is -3.65. The first-order chi connectivity index (χ1) is 13.5. The fourth-order valence-corrected chi connectivity index (χ4v) is 3.16. The smallest absolute Gasteiger partial charge is 0.292 e. The highest BCUT2D eigenvalue weighted by Crippen LogP contribution is 2.35. The molecule has 3 N–H and O–H groups in total. The molecule has 0 spiro atoms. The van der Waals surface area contributed by atoms with Crippen molar-refractivity contribution in [3.63, 3.8) is 0 Å². The molecule has 0 fully saturated rings. The SMILES string of the molecule is Cn1c(=O)c(-c2[nH][nH]c(=O)c2N=Nc2cccc(Cl)c2)c(O)c2ccccc21. The van der Waals surface area contributed by atoms with Gasteiger partial charge < -0.3 is 9.67 Å². The number of nitrogens with zero attached hydrogens (tertiary/aromatic N) is 3. The second kappa shape index (κ2) is 6.82. The Kier molecular flexibility index (Phi) is 4.32. The van der Waals surface area contributed by atoms with Crippen LogP contribution in [0, 0.1) is 0 Å². The number of rotatable bonds is 3. The van der Waals surface area contributed by atoms with Crippen molar-refractivity contribution in [2.75, 3.05) is 0 Å². The molecule has 0 amide bonds. The van der Waals surface area contributed by atoms with Gasteiger partial charge in [-0.3, -0.25) is 19.8 Å². The topological polar surface area (TPSA) is 116 Å². The molecule has 9 heteroatoms. The second-order valence-corrected chi connectivity index (χ2v) is 6.52. The summed E-state index contributed by atoms with van der Waals surface area (Å²) in [6, 6.07) is 13.6. The number of pyridine rings is 1. The lowest BCUT2D eigenvalue weighted by molar-refractivity contribution is 0.481. The van der Waals surface area contributed by atoms with Gasteiger partial charge >= 0.3 is 0 Å². The van der Waals surface area contributed by atoms with Crippen LogP contribution in [0.4, 0.5) is 11.4 Å². The third-order valence-corrected chi connectivity index (χ3v) is 4.59. The lowest BCUT2D eigenvalue weighted by atomic mass is 10.1. The van der Waals surface area contributed by atoms with E-state index in [1.54, 1.807) is 55.6 Å². The molecule has 0 atom stereocenters. The fourth-order valence-electron chi connectivity index (χ4n) is 2.98.